The summed E-state index contributed by atoms with van der Waals surface area (Å²) in [5.41, 5.74) is 2.56. The van der Waals surface area contributed by atoms with Crippen molar-refractivity contribution in [2.45, 2.75) is 38.8 Å². The summed E-state index contributed by atoms with van der Waals surface area (Å²) in [6, 6.07) is 13.4. The Balaban J connectivity index is 0.00000341. The second-order valence-electron chi connectivity index (χ2n) is 8.20. The molecule has 172 valence electrons. The topological polar surface area (TPSA) is 48.9 Å². The summed E-state index contributed by atoms with van der Waals surface area (Å²) in [5, 5.41) is 9.12. The number of hydrogen-bond donors (Lipinski definition) is 2. The van der Waals surface area contributed by atoms with Gasteiger partial charge in [-0.1, -0.05) is 35.9 Å². The van der Waals surface area contributed by atoms with E-state index in [-0.39, 0.29) is 30.1 Å². The Morgan fingerprint density at radius 3 is 2.65 bits per heavy atom. The number of thiophene rings is 1. The number of likely N-dealkylation sites (N-methyl/N-ethyl adjacent to an activating group) is 1. The van der Waals surface area contributed by atoms with Crippen molar-refractivity contribution in [2.75, 3.05) is 40.3 Å². The van der Waals surface area contributed by atoms with Gasteiger partial charge < -0.3 is 20.3 Å². The van der Waals surface area contributed by atoms with E-state index >= 15 is 0 Å². The molecule has 5 nitrogen and oxygen atoms in total. The van der Waals surface area contributed by atoms with Crippen LogP contribution in [0, 0.1) is 12.8 Å². The van der Waals surface area contributed by atoms with Gasteiger partial charge in [0.1, 0.15) is 0 Å². The molecule has 3 unspecified atom stereocenters. The second kappa shape index (κ2) is 13.4. The van der Waals surface area contributed by atoms with E-state index in [2.05, 4.69) is 85.3 Å². The van der Waals surface area contributed by atoms with Gasteiger partial charge in [0.25, 0.3) is 0 Å². The fourth-order valence-electron chi connectivity index (χ4n) is 3.91. The molecular formula is C24H37IN4OS. The van der Waals surface area contributed by atoms with Crippen LogP contribution in [0.3, 0.4) is 0 Å². The fraction of sp³-hybridized carbons (Fsp3) is 0.542. The van der Waals surface area contributed by atoms with Crippen molar-refractivity contribution in [3.05, 3.63) is 57.8 Å². The third-order valence-corrected chi connectivity index (χ3v) is 6.62. The van der Waals surface area contributed by atoms with E-state index in [1.165, 1.54) is 22.4 Å². The Morgan fingerprint density at radius 2 is 2.00 bits per heavy atom. The normalized spacial score (nSPS) is 20.2. The van der Waals surface area contributed by atoms with Gasteiger partial charge in [-0.3, -0.25) is 4.99 Å². The van der Waals surface area contributed by atoms with Gasteiger partial charge in [-0.05, 0) is 57.8 Å². The van der Waals surface area contributed by atoms with Crippen LogP contribution in [0.1, 0.15) is 47.9 Å². The molecule has 31 heavy (non-hydrogen) atoms. The van der Waals surface area contributed by atoms with Gasteiger partial charge in [0.05, 0.1) is 18.7 Å². The zero-order chi connectivity index (χ0) is 21.3. The number of ether oxygens (including phenoxy) is 1. The van der Waals surface area contributed by atoms with Crippen LogP contribution in [-0.4, -0.2) is 51.2 Å². The molecule has 0 radical (unpaired) electrons. The van der Waals surface area contributed by atoms with Crippen LogP contribution in [0.25, 0.3) is 0 Å². The van der Waals surface area contributed by atoms with Crippen LogP contribution >= 0.6 is 35.3 Å². The lowest BCUT2D eigenvalue weighted by Crippen LogP contribution is -2.42. The molecule has 0 saturated carbocycles. The van der Waals surface area contributed by atoms with E-state index in [1.54, 1.807) is 11.3 Å². The molecule has 2 N–H and O–H groups in total. The maximum Gasteiger partial charge on any atom is 0.191 e. The number of hydrogen-bond acceptors (Lipinski definition) is 4. The lowest BCUT2D eigenvalue weighted by atomic mass is 9.89. The second-order valence-corrected chi connectivity index (χ2v) is 9.18. The lowest BCUT2D eigenvalue weighted by Gasteiger charge is -2.32. The Kier molecular flexibility index (Phi) is 11.3. The first-order valence-corrected chi connectivity index (χ1v) is 11.9. The quantitative estimate of drug-likeness (QED) is 0.273. The van der Waals surface area contributed by atoms with Crippen molar-refractivity contribution in [3.8, 4) is 0 Å². The molecule has 2 aromatic rings. The molecule has 3 atom stereocenters. The van der Waals surface area contributed by atoms with Gasteiger partial charge in [0.2, 0.25) is 0 Å². The largest absolute Gasteiger partial charge is 0.373 e. The molecule has 1 fully saturated rings. The number of rotatable bonds is 8. The monoisotopic (exact) mass is 556 g/mol. The van der Waals surface area contributed by atoms with Crippen molar-refractivity contribution in [2.24, 2.45) is 10.9 Å². The maximum absolute atomic E-state index is 6.18. The minimum Gasteiger partial charge on any atom is -0.373 e. The molecule has 0 bridgehead atoms. The number of halogens is 1. The number of aliphatic imine (C=N–C) groups is 1. The Labute approximate surface area is 208 Å². The average Bonchev–Trinajstić information content (AvgIpc) is 3.27. The minimum atomic E-state index is 0. The molecular weight excluding hydrogens is 519 g/mol. The van der Waals surface area contributed by atoms with Crippen LogP contribution in [0.4, 0.5) is 0 Å². The zero-order valence-corrected chi connectivity index (χ0v) is 22.3. The maximum atomic E-state index is 6.18. The molecule has 0 spiro atoms. The summed E-state index contributed by atoms with van der Waals surface area (Å²) >= 11 is 1.79. The van der Waals surface area contributed by atoms with Crippen LogP contribution in [-0.2, 0) is 4.74 Å². The van der Waals surface area contributed by atoms with Gasteiger partial charge in [0.15, 0.2) is 5.96 Å². The average molecular weight is 557 g/mol. The first-order valence-electron chi connectivity index (χ1n) is 11.0. The van der Waals surface area contributed by atoms with Gasteiger partial charge in [-0.2, -0.15) is 0 Å². The molecule has 7 heteroatoms. The van der Waals surface area contributed by atoms with Crippen molar-refractivity contribution >= 4 is 41.3 Å². The van der Waals surface area contributed by atoms with E-state index in [9.17, 15) is 0 Å². The third-order valence-electron chi connectivity index (χ3n) is 5.64. The Morgan fingerprint density at radius 1 is 1.23 bits per heavy atom. The number of nitrogens with one attached hydrogen (secondary N) is 2. The standard InChI is InChI=1S/C24H36N4OS.HI/c1-5-25-24(27-17-21(28(3)4)22-9-7-15-30-22)26-16-20-8-6-14-29-23(20)19-12-10-18(2)11-13-19;/h7,9-13,15,20-21,23H,5-6,8,14,16-17H2,1-4H3,(H2,25,26,27);1H. The highest BCUT2D eigenvalue weighted by Crippen LogP contribution is 2.33. The highest BCUT2D eigenvalue weighted by atomic mass is 127. The van der Waals surface area contributed by atoms with Crippen LogP contribution in [0.2, 0.25) is 0 Å². The molecule has 3 rings (SSSR count). The molecule has 1 aromatic heterocycles. The third kappa shape index (κ3) is 7.73. The Hall–Kier alpha value is -1.16. The first-order chi connectivity index (χ1) is 14.6. The zero-order valence-electron chi connectivity index (χ0n) is 19.1. The van der Waals surface area contributed by atoms with Crippen LogP contribution in [0.15, 0.2) is 46.8 Å². The first kappa shape index (κ1) is 26.1. The van der Waals surface area contributed by atoms with E-state index in [0.717, 1.165) is 38.6 Å². The van der Waals surface area contributed by atoms with E-state index < -0.39 is 0 Å². The van der Waals surface area contributed by atoms with Crippen molar-refractivity contribution < 1.29 is 4.74 Å². The van der Waals surface area contributed by atoms with Crippen molar-refractivity contribution in [3.63, 3.8) is 0 Å². The van der Waals surface area contributed by atoms with E-state index in [1.807, 2.05) is 0 Å². The molecule has 1 aliphatic heterocycles. The number of guanidine groups is 1. The number of nitrogens with zero attached hydrogens (tertiary/aromatic N) is 2. The van der Waals surface area contributed by atoms with Gasteiger partial charge in [-0.25, -0.2) is 0 Å². The van der Waals surface area contributed by atoms with Gasteiger partial charge in [-0.15, -0.1) is 35.3 Å². The smallest absolute Gasteiger partial charge is 0.191 e. The molecule has 1 aromatic carbocycles. The summed E-state index contributed by atoms with van der Waals surface area (Å²) in [6.45, 7) is 7.51. The van der Waals surface area contributed by atoms with Gasteiger partial charge >= 0.3 is 0 Å². The van der Waals surface area contributed by atoms with Gasteiger partial charge in [0, 0.05) is 30.5 Å². The molecule has 0 aliphatic carbocycles. The summed E-state index contributed by atoms with van der Waals surface area (Å²) in [4.78, 5) is 8.49. The molecule has 1 saturated heterocycles. The summed E-state index contributed by atoms with van der Waals surface area (Å²) < 4.78 is 6.18. The SMILES string of the molecule is CCNC(=NCC(c1cccs1)N(C)C)NCC1CCCOC1c1ccc(C)cc1.I. The minimum absolute atomic E-state index is 0. The van der Waals surface area contributed by atoms with E-state index in [0.29, 0.717) is 12.0 Å². The van der Waals surface area contributed by atoms with Crippen molar-refractivity contribution in [1.82, 2.24) is 15.5 Å². The number of benzene rings is 1. The number of aryl methyl sites for hydroxylation is 1. The van der Waals surface area contributed by atoms with Crippen LogP contribution in [0.5, 0.6) is 0 Å². The predicted octanol–water partition coefficient (Wildman–Crippen LogP) is 5.00. The highest BCUT2D eigenvalue weighted by molar-refractivity contribution is 14.0. The summed E-state index contributed by atoms with van der Waals surface area (Å²) in [5.74, 6) is 1.32. The predicted molar refractivity (Wildman–Crippen MR) is 143 cm³/mol. The van der Waals surface area contributed by atoms with E-state index in [4.69, 9.17) is 9.73 Å². The van der Waals surface area contributed by atoms with Crippen molar-refractivity contribution in [1.29, 1.82) is 0 Å². The highest BCUT2D eigenvalue weighted by Gasteiger charge is 2.27. The fourth-order valence-corrected chi connectivity index (χ4v) is 4.83. The molecule has 1 aliphatic rings. The molecule has 2 heterocycles. The summed E-state index contributed by atoms with van der Waals surface area (Å²) in [7, 11) is 4.23. The van der Waals surface area contributed by atoms with Crippen LogP contribution < -0.4 is 10.6 Å². The lowest BCUT2D eigenvalue weighted by molar-refractivity contribution is -0.0265. The molecule has 0 amide bonds. The summed E-state index contributed by atoms with van der Waals surface area (Å²) in [6.07, 6.45) is 2.43. The Bertz CT molecular complexity index is 779.